The van der Waals surface area contributed by atoms with Crippen LogP contribution >= 0.6 is 0 Å². The van der Waals surface area contributed by atoms with Crippen LogP contribution in [-0.2, 0) is 38.6 Å². The summed E-state index contributed by atoms with van der Waals surface area (Å²) in [5.41, 5.74) is 2.73. The van der Waals surface area contributed by atoms with E-state index in [-0.39, 0.29) is 25.0 Å². The fourth-order valence-corrected chi connectivity index (χ4v) is 5.22. The molecule has 1 amide bonds. The van der Waals surface area contributed by atoms with Gasteiger partial charge in [0.05, 0.1) is 19.1 Å². The molecule has 1 saturated heterocycles. The normalized spacial score (nSPS) is 15.7. The zero-order valence-corrected chi connectivity index (χ0v) is 28.0. The molecular weight excluding hydrogens is 587 g/mol. The van der Waals surface area contributed by atoms with Gasteiger partial charge in [-0.05, 0) is 89.8 Å². The molecule has 0 radical (unpaired) electrons. The highest BCUT2D eigenvalue weighted by Gasteiger charge is 2.22. The fraction of sp³-hybridized carbons (Fsp3) is 0.459. The lowest BCUT2D eigenvalue weighted by Crippen LogP contribution is -2.34. The quantitative estimate of drug-likeness (QED) is 0.212. The predicted octanol–water partition coefficient (Wildman–Crippen LogP) is 7.42. The Morgan fingerprint density at radius 2 is 1.67 bits per heavy atom. The number of rotatable bonds is 11. The third kappa shape index (κ3) is 10.6. The highest BCUT2D eigenvalue weighted by molar-refractivity contribution is 5.74. The van der Waals surface area contributed by atoms with Crippen LogP contribution in [-0.4, -0.2) is 42.5 Å². The van der Waals surface area contributed by atoms with E-state index >= 15 is 4.39 Å². The molecule has 2 unspecified atom stereocenters. The van der Waals surface area contributed by atoms with Gasteiger partial charge in [0, 0.05) is 35.9 Å². The van der Waals surface area contributed by atoms with Crippen LogP contribution in [0.4, 0.5) is 9.18 Å². The number of hydrogen-bond acceptors (Lipinski definition) is 7. The van der Waals surface area contributed by atoms with Gasteiger partial charge in [0.25, 0.3) is 0 Å². The maximum Gasteiger partial charge on any atom is 0.408 e. The van der Waals surface area contributed by atoms with Crippen LogP contribution in [0.1, 0.15) is 83.2 Å². The van der Waals surface area contributed by atoms with E-state index in [0.717, 1.165) is 29.7 Å². The number of carbonyl (C=O) groups excluding carboxylic acids is 2. The van der Waals surface area contributed by atoms with Crippen LogP contribution in [0.5, 0.6) is 5.75 Å². The number of hydrogen-bond donors (Lipinski definition) is 2. The van der Waals surface area contributed by atoms with E-state index in [1.54, 1.807) is 45.9 Å². The van der Waals surface area contributed by atoms with Gasteiger partial charge in [0.15, 0.2) is 0 Å². The molecule has 0 saturated carbocycles. The van der Waals surface area contributed by atoms with Crippen molar-refractivity contribution in [1.29, 1.82) is 0 Å². The largest absolute Gasteiger partial charge is 0.489 e. The Bertz CT molecular complexity index is 1500. The molecule has 1 aliphatic heterocycles. The van der Waals surface area contributed by atoms with Crippen LogP contribution in [0.3, 0.4) is 0 Å². The van der Waals surface area contributed by atoms with Gasteiger partial charge in [-0.3, -0.25) is 4.79 Å². The van der Waals surface area contributed by atoms with Crippen molar-refractivity contribution in [3.05, 3.63) is 88.7 Å². The molecule has 248 valence electrons. The Balaban J connectivity index is 1.59. The molecule has 1 aliphatic rings. The molecule has 0 aliphatic carbocycles. The number of nitrogens with one attached hydrogen (secondary N) is 2. The van der Waals surface area contributed by atoms with Crippen molar-refractivity contribution in [2.45, 2.75) is 97.7 Å². The summed E-state index contributed by atoms with van der Waals surface area (Å²) in [4.78, 5) is 25.0. The zero-order valence-electron chi connectivity index (χ0n) is 28.0. The predicted molar refractivity (Wildman–Crippen MR) is 176 cm³/mol. The second-order valence-electron chi connectivity index (χ2n) is 13.7. The standard InChI is InChI=1S/C37H47FN2O6/c1-24(40-35(42)46-37(5,6)7)30-12-10-13-31(34(30)38)28-18-25(21-39-29-15-16-43-23-29)17-26(19-28)22-44-32-14-9-8-11-27(32)20-33(41)45-36(2,3)4/h8-14,17-19,24,29,39H,15-16,20-23H2,1-7H3,(H,40,42). The average Bonchev–Trinajstić information content (AvgIpc) is 3.47. The van der Waals surface area contributed by atoms with Gasteiger partial charge < -0.3 is 29.6 Å². The Labute approximate surface area is 272 Å². The Kier molecular flexibility index (Phi) is 11.5. The van der Waals surface area contributed by atoms with E-state index in [9.17, 15) is 9.59 Å². The molecule has 2 atom stereocenters. The van der Waals surface area contributed by atoms with Crippen LogP contribution in [0, 0.1) is 5.82 Å². The molecule has 1 heterocycles. The first kappa shape index (κ1) is 34.9. The molecule has 9 heteroatoms. The van der Waals surface area contributed by atoms with E-state index in [1.165, 1.54) is 0 Å². The summed E-state index contributed by atoms with van der Waals surface area (Å²) >= 11 is 0. The lowest BCUT2D eigenvalue weighted by atomic mass is 9.96. The van der Waals surface area contributed by atoms with Gasteiger partial charge in [-0.1, -0.05) is 42.5 Å². The van der Waals surface area contributed by atoms with Gasteiger partial charge in [0.1, 0.15) is 29.4 Å². The molecule has 3 aromatic carbocycles. The Morgan fingerprint density at radius 3 is 2.37 bits per heavy atom. The number of ether oxygens (including phenoxy) is 4. The van der Waals surface area contributed by atoms with Gasteiger partial charge in [0.2, 0.25) is 0 Å². The third-order valence-corrected chi connectivity index (χ3v) is 7.24. The molecule has 4 rings (SSSR count). The average molecular weight is 635 g/mol. The van der Waals surface area contributed by atoms with Crippen molar-refractivity contribution in [3.8, 4) is 16.9 Å². The van der Waals surface area contributed by atoms with Crippen LogP contribution in [0.2, 0.25) is 0 Å². The van der Waals surface area contributed by atoms with Crippen LogP contribution < -0.4 is 15.4 Å². The van der Waals surface area contributed by atoms with Crippen molar-refractivity contribution >= 4 is 12.1 Å². The SMILES string of the molecule is CC(NC(=O)OC(C)(C)C)c1cccc(-c2cc(CNC3CCOC3)cc(COc3ccccc3CC(=O)OC(C)(C)C)c2)c1F. The van der Waals surface area contributed by atoms with Gasteiger partial charge in [-0.25, -0.2) is 9.18 Å². The first-order chi connectivity index (χ1) is 21.7. The molecule has 0 spiro atoms. The fourth-order valence-electron chi connectivity index (χ4n) is 5.22. The van der Waals surface area contributed by atoms with Gasteiger partial charge >= 0.3 is 12.1 Å². The monoisotopic (exact) mass is 634 g/mol. The Hall–Kier alpha value is -3.95. The van der Waals surface area contributed by atoms with Gasteiger partial charge in [-0.15, -0.1) is 0 Å². The zero-order chi connectivity index (χ0) is 33.5. The summed E-state index contributed by atoms with van der Waals surface area (Å²) in [5, 5.41) is 6.28. The number of benzene rings is 3. The van der Waals surface area contributed by atoms with Crippen molar-refractivity contribution in [1.82, 2.24) is 10.6 Å². The molecule has 2 N–H and O–H groups in total. The van der Waals surface area contributed by atoms with Gasteiger partial charge in [-0.2, -0.15) is 0 Å². The molecule has 1 fully saturated rings. The Morgan fingerprint density at radius 1 is 0.957 bits per heavy atom. The van der Waals surface area contributed by atoms with Crippen LogP contribution in [0.15, 0.2) is 60.7 Å². The minimum absolute atomic E-state index is 0.0830. The summed E-state index contributed by atoms with van der Waals surface area (Å²) in [6.45, 7) is 14.7. The van der Waals surface area contributed by atoms with E-state index in [2.05, 4.69) is 10.6 Å². The first-order valence-electron chi connectivity index (χ1n) is 15.8. The van der Waals surface area contributed by atoms with Crippen molar-refractivity contribution in [3.63, 3.8) is 0 Å². The number of para-hydroxylation sites is 1. The number of alkyl carbamates (subject to hydrolysis) is 1. The summed E-state index contributed by atoms with van der Waals surface area (Å²) in [6, 6.07) is 18.1. The summed E-state index contributed by atoms with van der Waals surface area (Å²) in [7, 11) is 0. The van der Waals surface area contributed by atoms with E-state index in [0.29, 0.717) is 35.6 Å². The smallest absolute Gasteiger partial charge is 0.408 e. The summed E-state index contributed by atoms with van der Waals surface area (Å²) < 4.78 is 38.8. The minimum Gasteiger partial charge on any atom is -0.489 e. The molecule has 8 nitrogen and oxygen atoms in total. The number of amides is 1. The number of halogens is 1. The third-order valence-electron chi connectivity index (χ3n) is 7.24. The van der Waals surface area contributed by atoms with E-state index in [1.807, 2.05) is 63.2 Å². The first-order valence-corrected chi connectivity index (χ1v) is 15.8. The highest BCUT2D eigenvalue weighted by Crippen LogP contribution is 2.31. The topological polar surface area (TPSA) is 95.1 Å². The number of carbonyl (C=O) groups is 2. The van der Waals surface area contributed by atoms with Crippen molar-refractivity contribution in [2.24, 2.45) is 0 Å². The lowest BCUT2D eigenvalue weighted by molar-refractivity contribution is -0.153. The van der Waals surface area contributed by atoms with Crippen molar-refractivity contribution < 1.29 is 32.9 Å². The van der Waals surface area contributed by atoms with Crippen LogP contribution in [0.25, 0.3) is 11.1 Å². The van der Waals surface area contributed by atoms with Crippen molar-refractivity contribution in [2.75, 3.05) is 13.2 Å². The minimum atomic E-state index is -0.669. The molecule has 0 aromatic heterocycles. The maximum atomic E-state index is 16.1. The molecule has 3 aromatic rings. The molecular formula is C37H47FN2O6. The number of esters is 1. The summed E-state index contributed by atoms with van der Waals surface area (Å²) in [6.07, 6.45) is 0.406. The maximum absolute atomic E-state index is 16.1. The molecule has 0 bridgehead atoms. The lowest BCUT2D eigenvalue weighted by Gasteiger charge is -2.22. The van der Waals surface area contributed by atoms with E-state index < -0.39 is 29.2 Å². The summed E-state index contributed by atoms with van der Waals surface area (Å²) in [5.74, 6) is -0.174. The second-order valence-corrected chi connectivity index (χ2v) is 13.7. The highest BCUT2D eigenvalue weighted by atomic mass is 19.1. The molecule has 46 heavy (non-hydrogen) atoms. The van der Waals surface area contributed by atoms with E-state index in [4.69, 9.17) is 18.9 Å². The second kappa shape index (κ2) is 15.1.